The quantitative estimate of drug-likeness (QED) is 0.834. The highest BCUT2D eigenvalue weighted by Gasteiger charge is 2.30. The van der Waals surface area contributed by atoms with Gasteiger partial charge in [-0.15, -0.1) is 0 Å². The van der Waals surface area contributed by atoms with Crippen molar-refractivity contribution in [3.05, 3.63) is 18.0 Å². The van der Waals surface area contributed by atoms with Crippen LogP contribution in [0.15, 0.2) is 12.4 Å². The zero-order chi connectivity index (χ0) is 14.6. The van der Waals surface area contributed by atoms with Gasteiger partial charge in [-0.1, -0.05) is 20.8 Å². The summed E-state index contributed by atoms with van der Waals surface area (Å²) in [6.07, 6.45) is 6.64. The van der Waals surface area contributed by atoms with Crippen molar-refractivity contribution in [3.8, 4) is 0 Å². The summed E-state index contributed by atoms with van der Waals surface area (Å²) in [5, 5.41) is 7.99. The first-order valence-electron chi connectivity index (χ1n) is 7.90. The van der Waals surface area contributed by atoms with E-state index in [1.807, 2.05) is 10.9 Å². The highest BCUT2D eigenvalue weighted by atomic mass is 16.5. The van der Waals surface area contributed by atoms with E-state index in [2.05, 4.69) is 44.3 Å². The monoisotopic (exact) mass is 279 g/mol. The molecule has 4 nitrogen and oxygen atoms in total. The van der Waals surface area contributed by atoms with Gasteiger partial charge in [0.25, 0.3) is 0 Å². The number of aryl methyl sites for hydroxylation is 1. The fraction of sp³-hybridized carbons (Fsp3) is 0.812. The second-order valence-corrected chi connectivity index (χ2v) is 6.62. The number of hydrogen-bond acceptors (Lipinski definition) is 3. The summed E-state index contributed by atoms with van der Waals surface area (Å²) in [5.41, 5.74) is 1.60. The lowest BCUT2D eigenvalue weighted by Gasteiger charge is -2.25. The maximum atomic E-state index is 5.93. The summed E-state index contributed by atoms with van der Waals surface area (Å²) < 4.78 is 7.90. The number of aromatic nitrogens is 2. The topological polar surface area (TPSA) is 39.1 Å². The Morgan fingerprint density at radius 3 is 2.90 bits per heavy atom. The molecule has 114 valence electrons. The van der Waals surface area contributed by atoms with Gasteiger partial charge in [-0.25, -0.2) is 0 Å². The Morgan fingerprint density at radius 2 is 2.25 bits per heavy atom. The van der Waals surface area contributed by atoms with E-state index in [1.54, 1.807) is 0 Å². The van der Waals surface area contributed by atoms with E-state index in [-0.39, 0.29) is 6.10 Å². The fourth-order valence-electron chi connectivity index (χ4n) is 2.63. The molecule has 1 aromatic heterocycles. The minimum absolute atomic E-state index is 0.215. The summed E-state index contributed by atoms with van der Waals surface area (Å²) in [7, 11) is 0. The first-order valence-corrected chi connectivity index (χ1v) is 7.90. The number of nitrogens with zero attached hydrogens (tertiary/aromatic N) is 2. The molecular weight excluding hydrogens is 250 g/mol. The summed E-state index contributed by atoms with van der Waals surface area (Å²) in [5.74, 6) is 0.567. The smallest absolute Gasteiger partial charge is 0.0896 e. The van der Waals surface area contributed by atoms with Crippen LogP contribution >= 0.6 is 0 Å². The Bertz CT molecular complexity index is 414. The third-order valence-electron chi connectivity index (χ3n) is 4.49. The molecule has 20 heavy (non-hydrogen) atoms. The van der Waals surface area contributed by atoms with Crippen molar-refractivity contribution in [2.24, 2.45) is 11.3 Å². The molecule has 2 atom stereocenters. The van der Waals surface area contributed by atoms with Crippen LogP contribution in [0.1, 0.15) is 52.2 Å². The van der Waals surface area contributed by atoms with Crippen molar-refractivity contribution in [3.63, 3.8) is 0 Å². The Kier molecular flexibility index (Phi) is 5.22. The van der Waals surface area contributed by atoms with Gasteiger partial charge >= 0.3 is 0 Å². The van der Waals surface area contributed by atoms with Crippen molar-refractivity contribution in [1.29, 1.82) is 0 Å². The van der Waals surface area contributed by atoms with Gasteiger partial charge in [0.05, 0.1) is 12.3 Å². The number of hydrogen-bond donors (Lipinski definition) is 1. The number of nitrogens with one attached hydrogen (secondary N) is 1. The van der Waals surface area contributed by atoms with Crippen LogP contribution in [0, 0.1) is 11.3 Å². The maximum absolute atomic E-state index is 5.93. The normalized spacial score (nSPS) is 23.4. The van der Waals surface area contributed by atoms with Gasteiger partial charge in [-0.3, -0.25) is 4.68 Å². The molecule has 0 spiro atoms. The van der Waals surface area contributed by atoms with E-state index in [1.165, 1.54) is 12.0 Å². The first kappa shape index (κ1) is 15.5. The molecule has 1 fully saturated rings. The van der Waals surface area contributed by atoms with Crippen LogP contribution in [-0.4, -0.2) is 29.5 Å². The highest BCUT2D eigenvalue weighted by Crippen LogP contribution is 2.34. The SMILES string of the molecule is CCn1cc([C@@H]2OCC[C@H]2CNCC(C)(C)CC)cn1. The molecule has 2 heterocycles. The summed E-state index contributed by atoms with van der Waals surface area (Å²) in [6.45, 7) is 12.9. The summed E-state index contributed by atoms with van der Waals surface area (Å²) in [4.78, 5) is 0. The van der Waals surface area contributed by atoms with Crippen LogP contribution in [0.4, 0.5) is 0 Å². The van der Waals surface area contributed by atoms with Gasteiger partial charge in [0.15, 0.2) is 0 Å². The largest absolute Gasteiger partial charge is 0.373 e. The van der Waals surface area contributed by atoms with E-state index in [4.69, 9.17) is 4.74 Å². The van der Waals surface area contributed by atoms with E-state index >= 15 is 0 Å². The molecule has 0 saturated carbocycles. The molecule has 0 aliphatic carbocycles. The second-order valence-electron chi connectivity index (χ2n) is 6.62. The Morgan fingerprint density at radius 1 is 1.45 bits per heavy atom. The van der Waals surface area contributed by atoms with Gasteiger partial charge in [0.2, 0.25) is 0 Å². The van der Waals surface area contributed by atoms with Gasteiger partial charge in [0, 0.05) is 43.9 Å². The van der Waals surface area contributed by atoms with Crippen LogP contribution < -0.4 is 5.32 Å². The van der Waals surface area contributed by atoms with Crippen LogP contribution in [0.2, 0.25) is 0 Å². The zero-order valence-corrected chi connectivity index (χ0v) is 13.4. The van der Waals surface area contributed by atoms with Gasteiger partial charge < -0.3 is 10.1 Å². The van der Waals surface area contributed by atoms with E-state index in [0.717, 1.165) is 32.7 Å². The fourth-order valence-corrected chi connectivity index (χ4v) is 2.63. The van der Waals surface area contributed by atoms with Crippen LogP contribution in [0.3, 0.4) is 0 Å². The molecule has 0 bridgehead atoms. The van der Waals surface area contributed by atoms with Crippen molar-refractivity contribution >= 4 is 0 Å². The van der Waals surface area contributed by atoms with Crippen molar-refractivity contribution in [1.82, 2.24) is 15.1 Å². The minimum Gasteiger partial charge on any atom is -0.373 e. The highest BCUT2D eigenvalue weighted by molar-refractivity contribution is 5.11. The summed E-state index contributed by atoms with van der Waals surface area (Å²) >= 11 is 0. The average Bonchev–Trinajstić information content (AvgIpc) is 3.06. The van der Waals surface area contributed by atoms with Crippen molar-refractivity contribution in [2.75, 3.05) is 19.7 Å². The van der Waals surface area contributed by atoms with Gasteiger partial charge in [-0.2, -0.15) is 5.10 Å². The Hall–Kier alpha value is -0.870. The minimum atomic E-state index is 0.215. The number of ether oxygens (including phenoxy) is 1. The maximum Gasteiger partial charge on any atom is 0.0896 e. The van der Waals surface area contributed by atoms with E-state index < -0.39 is 0 Å². The predicted molar refractivity (Wildman–Crippen MR) is 81.6 cm³/mol. The van der Waals surface area contributed by atoms with E-state index in [9.17, 15) is 0 Å². The molecule has 0 amide bonds. The lowest BCUT2D eigenvalue weighted by atomic mass is 9.90. The standard InChI is InChI=1S/C16H29N3O/c1-5-16(3,4)12-17-9-13-7-8-20-15(13)14-10-18-19(6-2)11-14/h10-11,13,15,17H,5-9,12H2,1-4H3/t13-,15+/m0/s1. The lowest BCUT2D eigenvalue weighted by molar-refractivity contribution is 0.0897. The Labute approximate surface area is 122 Å². The van der Waals surface area contributed by atoms with Crippen molar-refractivity contribution in [2.45, 2.75) is 53.2 Å². The molecule has 1 aromatic rings. The molecule has 4 heteroatoms. The molecule has 2 rings (SSSR count). The molecule has 1 aliphatic rings. The predicted octanol–water partition coefficient (Wildman–Crippen LogP) is 3.01. The number of rotatable bonds is 7. The first-order chi connectivity index (χ1) is 9.55. The van der Waals surface area contributed by atoms with Crippen LogP contribution in [0.5, 0.6) is 0 Å². The third-order valence-corrected chi connectivity index (χ3v) is 4.49. The second kappa shape index (κ2) is 6.72. The molecular formula is C16H29N3O. The van der Waals surface area contributed by atoms with Crippen LogP contribution in [-0.2, 0) is 11.3 Å². The lowest BCUT2D eigenvalue weighted by Crippen LogP contribution is -2.33. The summed E-state index contributed by atoms with van der Waals surface area (Å²) in [6, 6.07) is 0. The van der Waals surface area contributed by atoms with Gasteiger partial charge in [0.1, 0.15) is 0 Å². The van der Waals surface area contributed by atoms with E-state index in [0.29, 0.717) is 11.3 Å². The molecule has 1 aliphatic heterocycles. The molecule has 1 N–H and O–H groups in total. The molecule has 0 aromatic carbocycles. The van der Waals surface area contributed by atoms with Crippen LogP contribution in [0.25, 0.3) is 0 Å². The van der Waals surface area contributed by atoms with Crippen molar-refractivity contribution < 1.29 is 4.74 Å². The average molecular weight is 279 g/mol. The zero-order valence-electron chi connectivity index (χ0n) is 13.4. The molecule has 1 saturated heterocycles. The molecule has 0 unspecified atom stereocenters. The Balaban J connectivity index is 1.87. The third kappa shape index (κ3) is 3.83. The van der Waals surface area contributed by atoms with Gasteiger partial charge in [-0.05, 0) is 25.2 Å². The molecule has 0 radical (unpaired) electrons.